The minimum atomic E-state index is -1.12. The number of rotatable bonds is 7. The third-order valence-electron chi connectivity index (χ3n) is 5.46. The average Bonchev–Trinajstić information content (AvgIpc) is 2.67. The molecule has 1 saturated heterocycles. The topological polar surface area (TPSA) is 138 Å². The van der Waals surface area contributed by atoms with Crippen LogP contribution < -0.4 is 0 Å². The zero-order valence-electron chi connectivity index (χ0n) is 20.6. The molecule has 11 heteroatoms. The van der Waals surface area contributed by atoms with Crippen LogP contribution in [0.2, 0.25) is 0 Å². The van der Waals surface area contributed by atoms with Gasteiger partial charge >= 0.3 is 17.9 Å². The largest absolute Gasteiger partial charge is 0.511 e. The maximum atomic E-state index is 12.8. The summed E-state index contributed by atoms with van der Waals surface area (Å²) in [6.07, 6.45) is -0.781. The molecule has 0 bridgehead atoms. The molecule has 34 heavy (non-hydrogen) atoms. The van der Waals surface area contributed by atoms with Gasteiger partial charge in [-0.25, -0.2) is 0 Å². The number of hydrogen-bond donors (Lipinski definition) is 1. The Bertz CT molecular complexity index is 895. The number of thioether (sulfide) groups is 1. The van der Waals surface area contributed by atoms with Crippen molar-refractivity contribution in [2.24, 2.45) is 10.4 Å². The number of Topliss-reactive ketones (excluding diaryl/α,β-unsaturated/α-hetero) is 1. The summed E-state index contributed by atoms with van der Waals surface area (Å²) in [7, 11) is 0. The SMILES string of the molecule is CS[C@@H]1O[C@H](COC(C)=O)[C@@H](OC(C)=O)[C@H](OC(C)=O)[C@H]1N=C(C)C1=C(O)CC(C)(C)CC1=O. The first-order valence-electron chi connectivity index (χ1n) is 10.9. The highest BCUT2D eigenvalue weighted by Gasteiger charge is 2.50. The molecule has 0 radical (unpaired) electrons. The minimum Gasteiger partial charge on any atom is -0.511 e. The molecular formula is C23H33NO9S. The van der Waals surface area contributed by atoms with Gasteiger partial charge in [-0.2, -0.15) is 0 Å². The van der Waals surface area contributed by atoms with E-state index < -0.39 is 47.7 Å². The van der Waals surface area contributed by atoms with Crippen LogP contribution in [0.4, 0.5) is 0 Å². The number of carbonyl (C=O) groups excluding carboxylic acids is 4. The molecule has 0 aromatic rings. The van der Waals surface area contributed by atoms with Crippen LogP contribution in [0.25, 0.3) is 0 Å². The number of carbonyl (C=O) groups is 4. The summed E-state index contributed by atoms with van der Waals surface area (Å²) >= 11 is 1.27. The van der Waals surface area contributed by atoms with E-state index in [0.717, 1.165) is 0 Å². The Balaban J connectivity index is 2.52. The van der Waals surface area contributed by atoms with Gasteiger partial charge in [-0.15, -0.1) is 11.8 Å². The third-order valence-corrected chi connectivity index (χ3v) is 6.31. The van der Waals surface area contributed by atoms with E-state index in [0.29, 0.717) is 6.42 Å². The van der Waals surface area contributed by atoms with E-state index in [-0.39, 0.29) is 41.3 Å². The average molecular weight is 500 g/mol. The normalized spacial score (nSPS) is 29.4. The summed E-state index contributed by atoms with van der Waals surface area (Å²) in [4.78, 5) is 52.6. The van der Waals surface area contributed by atoms with Crippen LogP contribution >= 0.6 is 11.8 Å². The molecule has 1 N–H and O–H groups in total. The number of nitrogens with zero attached hydrogens (tertiary/aromatic N) is 1. The summed E-state index contributed by atoms with van der Waals surface area (Å²) in [5, 5.41) is 10.6. The molecule has 2 rings (SSSR count). The number of aliphatic hydroxyl groups is 1. The number of aliphatic hydroxyl groups excluding tert-OH is 1. The van der Waals surface area contributed by atoms with E-state index in [1.807, 2.05) is 13.8 Å². The minimum absolute atomic E-state index is 0.0479. The van der Waals surface area contributed by atoms with E-state index in [2.05, 4.69) is 4.99 Å². The molecule has 1 aliphatic carbocycles. The molecule has 0 unspecified atom stereocenters. The molecule has 1 fully saturated rings. The standard InChI is InChI=1S/C23H33NO9S/c1-11(18-15(28)8-23(5,6)9-16(18)29)24-19-21(32-14(4)27)20(31-13(3)26)17(10-30-12(2)25)33-22(19)34-7/h17,19-22,28H,8-10H2,1-7H3/t17-,19-,20-,21-,22+/m1/s1. The van der Waals surface area contributed by atoms with Crippen molar-refractivity contribution in [3.8, 4) is 0 Å². The van der Waals surface area contributed by atoms with Gasteiger partial charge in [-0.05, 0) is 18.6 Å². The summed E-state index contributed by atoms with van der Waals surface area (Å²) in [6.45, 7) is 8.80. The van der Waals surface area contributed by atoms with Crippen molar-refractivity contribution in [1.29, 1.82) is 0 Å². The number of aliphatic imine (C=N–C) groups is 1. The zero-order valence-corrected chi connectivity index (χ0v) is 21.4. The van der Waals surface area contributed by atoms with Crippen molar-refractivity contribution >= 4 is 41.2 Å². The molecule has 10 nitrogen and oxygen atoms in total. The highest BCUT2D eigenvalue weighted by Crippen LogP contribution is 2.37. The van der Waals surface area contributed by atoms with Crippen molar-refractivity contribution in [2.75, 3.05) is 12.9 Å². The lowest BCUT2D eigenvalue weighted by Crippen LogP contribution is -2.60. The van der Waals surface area contributed by atoms with E-state index in [4.69, 9.17) is 18.9 Å². The Morgan fingerprint density at radius 2 is 1.65 bits per heavy atom. The van der Waals surface area contributed by atoms with Gasteiger partial charge in [0, 0.05) is 39.3 Å². The van der Waals surface area contributed by atoms with E-state index in [1.165, 1.54) is 32.5 Å². The predicted molar refractivity (Wildman–Crippen MR) is 124 cm³/mol. The number of allylic oxidation sites excluding steroid dienone is 2. The molecule has 1 aliphatic heterocycles. The molecule has 5 atom stereocenters. The van der Waals surface area contributed by atoms with Gasteiger partial charge in [0.2, 0.25) is 0 Å². The first-order chi connectivity index (χ1) is 15.8. The van der Waals surface area contributed by atoms with Crippen LogP contribution in [0.1, 0.15) is 54.4 Å². The van der Waals surface area contributed by atoms with Crippen LogP contribution in [0, 0.1) is 5.41 Å². The number of esters is 3. The highest BCUT2D eigenvalue weighted by molar-refractivity contribution is 7.99. The molecule has 2 aliphatic rings. The van der Waals surface area contributed by atoms with Gasteiger partial charge in [-0.1, -0.05) is 13.8 Å². The smallest absolute Gasteiger partial charge is 0.303 e. The number of hydrogen-bond acceptors (Lipinski definition) is 11. The molecule has 1 heterocycles. The lowest BCUT2D eigenvalue weighted by atomic mass is 9.75. The Hall–Kier alpha value is -2.40. The predicted octanol–water partition coefficient (Wildman–Crippen LogP) is 2.53. The molecule has 0 aromatic heterocycles. The summed E-state index contributed by atoms with van der Waals surface area (Å²) < 4.78 is 22.1. The quantitative estimate of drug-likeness (QED) is 0.316. The second kappa shape index (κ2) is 11.4. The third kappa shape index (κ3) is 7.05. The van der Waals surface area contributed by atoms with Crippen molar-refractivity contribution in [3.05, 3.63) is 11.3 Å². The Morgan fingerprint density at radius 3 is 2.15 bits per heavy atom. The Morgan fingerprint density at radius 1 is 1.06 bits per heavy atom. The Labute approximate surface area is 203 Å². The van der Waals surface area contributed by atoms with Crippen LogP contribution in [-0.2, 0) is 38.1 Å². The fraction of sp³-hybridized carbons (Fsp3) is 0.696. The Kier molecular flexibility index (Phi) is 9.29. The molecule has 0 amide bonds. The molecule has 0 saturated carbocycles. The molecule has 0 spiro atoms. The van der Waals surface area contributed by atoms with E-state index >= 15 is 0 Å². The van der Waals surface area contributed by atoms with Gasteiger partial charge in [0.1, 0.15) is 29.9 Å². The lowest BCUT2D eigenvalue weighted by molar-refractivity contribution is -0.208. The van der Waals surface area contributed by atoms with Gasteiger partial charge in [0.25, 0.3) is 0 Å². The van der Waals surface area contributed by atoms with Crippen molar-refractivity contribution in [1.82, 2.24) is 0 Å². The summed E-state index contributed by atoms with van der Waals surface area (Å²) in [5.74, 6) is -2.11. The summed E-state index contributed by atoms with van der Waals surface area (Å²) in [6, 6.07) is -0.875. The van der Waals surface area contributed by atoms with Gasteiger partial charge < -0.3 is 24.1 Å². The van der Waals surface area contributed by atoms with Crippen molar-refractivity contribution in [2.45, 2.75) is 84.2 Å². The van der Waals surface area contributed by atoms with Crippen LogP contribution in [0.5, 0.6) is 0 Å². The molecular weight excluding hydrogens is 466 g/mol. The second-order valence-electron chi connectivity index (χ2n) is 9.20. The van der Waals surface area contributed by atoms with Crippen LogP contribution in [0.15, 0.2) is 16.3 Å². The van der Waals surface area contributed by atoms with Crippen molar-refractivity contribution in [3.63, 3.8) is 0 Å². The summed E-state index contributed by atoms with van der Waals surface area (Å²) in [5.41, 5.74) is -0.662. The van der Waals surface area contributed by atoms with Gasteiger partial charge in [0.05, 0.1) is 5.57 Å². The van der Waals surface area contributed by atoms with E-state index in [9.17, 15) is 24.3 Å². The molecule has 0 aromatic carbocycles. The lowest BCUT2D eigenvalue weighted by Gasteiger charge is -2.43. The maximum Gasteiger partial charge on any atom is 0.303 e. The number of ether oxygens (including phenoxy) is 4. The fourth-order valence-electron chi connectivity index (χ4n) is 4.20. The van der Waals surface area contributed by atoms with Crippen LogP contribution in [-0.4, -0.2) is 77.2 Å². The second-order valence-corrected chi connectivity index (χ2v) is 10.1. The fourth-order valence-corrected chi connectivity index (χ4v) is 4.95. The van der Waals surface area contributed by atoms with Crippen LogP contribution in [0.3, 0.4) is 0 Å². The van der Waals surface area contributed by atoms with Crippen molar-refractivity contribution < 1.29 is 43.2 Å². The first-order valence-corrected chi connectivity index (χ1v) is 12.2. The number of ketones is 1. The zero-order chi connectivity index (χ0) is 25.8. The van der Waals surface area contributed by atoms with Gasteiger partial charge in [0.15, 0.2) is 18.0 Å². The van der Waals surface area contributed by atoms with E-state index in [1.54, 1.807) is 13.2 Å². The maximum absolute atomic E-state index is 12.8. The highest BCUT2D eigenvalue weighted by atomic mass is 32.2. The monoisotopic (exact) mass is 499 g/mol. The first kappa shape index (κ1) is 27.8. The molecule has 190 valence electrons. The van der Waals surface area contributed by atoms with Gasteiger partial charge in [-0.3, -0.25) is 24.2 Å².